The molecule has 0 unspecified atom stereocenters. The van der Waals surface area contributed by atoms with E-state index in [0.29, 0.717) is 11.5 Å². The SMILES string of the molecule is O=C(OCc1nnc(-c2ccccc2)o1)c1ccc2c(c1)CCCC2. The van der Waals surface area contributed by atoms with E-state index in [1.54, 1.807) is 0 Å². The Bertz CT molecular complexity index is 887. The van der Waals surface area contributed by atoms with E-state index in [1.165, 1.54) is 24.0 Å². The van der Waals surface area contributed by atoms with Gasteiger partial charge in [0, 0.05) is 5.56 Å². The normalized spacial score (nSPS) is 13.3. The lowest BCUT2D eigenvalue weighted by molar-refractivity contribution is 0.0438. The number of ether oxygens (including phenoxy) is 1. The Labute approximate surface area is 145 Å². The fourth-order valence-electron chi connectivity index (χ4n) is 3.08. The van der Waals surface area contributed by atoms with Crippen LogP contribution in [0.4, 0.5) is 0 Å². The first kappa shape index (κ1) is 15.6. The largest absolute Gasteiger partial charge is 0.452 e. The summed E-state index contributed by atoms with van der Waals surface area (Å²) in [6.07, 6.45) is 4.52. The maximum Gasteiger partial charge on any atom is 0.338 e. The van der Waals surface area contributed by atoms with Gasteiger partial charge < -0.3 is 9.15 Å². The third-order valence-corrected chi connectivity index (χ3v) is 4.40. The number of nitrogens with zero attached hydrogens (tertiary/aromatic N) is 2. The van der Waals surface area contributed by atoms with Crippen LogP contribution >= 0.6 is 0 Å². The van der Waals surface area contributed by atoms with Gasteiger partial charge in [-0.15, -0.1) is 10.2 Å². The predicted octanol–water partition coefficient (Wildman–Crippen LogP) is 3.97. The van der Waals surface area contributed by atoms with Gasteiger partial charge in [-0.25, -0.2) is 4.79 Å². The van der Waals surface area contributed by atoms with Crippen molar-refractivity contribution in [3.63, 3.8) is 0 Å². The lowest BCUT2D eigenvalue weighted by atomic mass is 9.90. The molecule has 126 valence electrons. The summed E-state index contributed by atoms with van der Waals surface area (Å²) in [7, 11) is 0. The van der Waals surface area contributed by atoms with E-state index >= 15 is 0 Å². The number of rotatable bonds is 4. The van der Waals surface area contributed by atoms with Crippen LogP contribution in [0.3, 0.4) is 0 Å². The number of carbonyl (C=O) groups is 1. The zero-order valence-electron chi connectivity index (χ0n) is 13.8. The third kappa shape index (κ3) is 3.45. The highest BCUT2D eigenvalue weighted by atomic mass is 16.5. The Morgan fingerprint density at radius 1 is 1.00 bits per heavy atom. The predicted molar refractivity (Wildman–Crippen MR) is 91.9 cm³/mol. The molecule has 0 fully saturated rings. The number of aryl methyl sites for hydroxylation is 2. The number of hydrogen-bond donors (Lipinski definition) is 0. The van der Waals surface area contributed by atoms with E-state index in [9.17, 15) is 4.79 Å². The highest BCUT2D eigenvalue weighted by Crippen LogP contribution is 2.23. The van der Waals surface area contributed by atoms with Crippen molar-refractivity contribution in [1.29, 1.82) is 0 Å². The second-order valence-corrected chi connectivity index (χ2v) is 6.13. The van der Waals surface area contributed by atoms with Gasteiger partial charge in [0.1, 0.15) is 0 Å². The fraction of sp³-hybridized carbons (Fsp3) is 0.250. The van der Waals surface area contributed by atoms with Crippen molar-refractivity contribution in [3.05, 3.63) is 71.1 Å². The van der Waals surface area contributed by atoms with Crippen LogP contribution in [0.25, 0.3) is 11.5 Å². The number of hydrogen-bond acceptors (Lipinski definition) is 5. The van der Waals surface area contributed by atoms with Crippen LogP contribution in [0.1, 0.15) is 40.2 Å². The fourth-order valence-corrected chi connectivity index (χ4v) is 3.08. The molecule has 2 aromatic carbocycles. The van der Waals surface area contributed by atoms with Crippen LogP contribution in [-0.2, 0) is 24.2 Å². The molecule has 0 spiro atoms. The van der Waals surface area contributed by atoms with Gasteiger partial charge in [-0.2, -0.15) is 0 Å². The molecule has 1 aliphatic rings. The number of benzene rings is 2. The molecule has 1 heterocycles. The maximum absolute atomic E-state index is 12.3. The van der Waals surface area contributed by atoms with Crippen molar-refractivity contribution >= 4 is 5.97 Å². The number of fused-ring (bicyclic) bond motifs is 1. The Kier molecular flexibility index (Phi) is 4.29. The van der Waals surface area contributed by atoms with E-state index in [1.807, 2.05) is 48.5 Å². The Morgan fingerprint density at radius 2 is 1.80 bits per heavy atom. The zero-order valence-corrected chi connectivity index (χ0v) is 13.8. The lowest BCUT2D eigenvalue weighted by Gasteiger charge is -2.16. The average molecular weight is 334 g/mol. The second kappa shape index (κ2) is 6.89. The second-order valence-electron chi connectivity index (χ2n) is 6.13. The van der Waals surface area contributed by atoms with E-state index in [-0.39, 0.29) is 18.5 Å². The molecular weight excluding hydrogens is 316 g/mol. The van der Waals surface area contributed by atoms with Gasteiger partial charge in [-0.3, -0.25) is 0 Å². The van der Waals surface area contributed by atoms with Crippen LogP contribution in [0.15, 0.2) is 52.9 Å². The molecule has 0 atom stereocenters. The van der Waals surface area contributed by atoms with Crippen LogP contribution in [0, 0.1) is 0 Å². The van der Waals surface area contributed by atoms with Gasteiger partial charge in [-0.1, -0.05) is 24.3 Å². The van der Waals surface area contributed by atoms with E-state index in [4.69, 9.17) is 9.15 Å². The summed E-state index contributed by atoms with van der Waals surface area (Å²) in [5.74, 6) is 0.332. The quantitative estimate of drug-likeness (QED) is 0.675. The van der Waals surface area contributed by atoms with Gasteiger partial charge in [0.25, 0.3) is 5.89 Å². The van der Waals surface area contributed by atoms with Crippen LogP contribution in [-0.4, -0.2) is 16.2 Å². The van der Waals surface area contributed by atoms with Crippen LogP contribution in [0.2, 0.25) is 0 Å². The van der Waals surface area contributed by atoms with Crippen LogP contribution < -0.4 is 0 Å². The minimum absolute atomic E-state index is 0.0320. The van der Waals surface area contributed by atoms with E-state index in [2.05, 4.69) is 10.2 Å². The smallest absolute Gasteiger partial charge is 0.338 e. The highest BCUT2D eigenvalue weighted by molar-refractivity contribution is 5.89. The van der Waals surface area contributed by atoms with Gasteiger partial charge in [0.05, 0.1) is 5.56 Å². The first-order valence-corrected chi connectivity index (χ1v) is 8.46. The van der Waals surface area contributed by atoms with Crippen LogP contribution in [0.5, 0.6) is 0 Å². The van der Waals surface area contributed by atoms with E-state index < -0.39 is 0 Å². The molecule has 3 aromatic rings. The molecule has 4 rings (SSSR count). The number of esters is 1. The molecule has 0 radical (unpaired) electrons. The first-order valence-electron chi connectivity index (χ1n) is 8.46. The molecule has 0 saturated carbocycles. The standard InChI is InChI=1S/C20H18N2O3/c23-20(17-11-10-14-6-4-5-9-16(14)12-17)24-13-18-21-22-19(25-18)15-7-2-1-3-8-15/h1-3,7-8,10-12H,4-6,9,13H2. The van der Waals surface area contributed by atoms with Crippen molar-refractivity contribution < 1.29 is 13.9 Å². The summed E-state index contributed by atoms with van der Waals surface area (Å²) in [6.45, 7) is -0.0320. The monoisotopic (exact) mass is 334 g/mol. The lowest BCUT2D eigenvalue weighted by Crippen LogP contribution is -2.09. The summed E-state index contributed by atoms with van der Waals surface area (Å²) in [5.41, 5.74) is 4.00. The molecule has 0 amide bonds. The zero-order chi connectivity index (χ0) is 17.1. The summed E-state index contributed by atoms with van der Waals surface area (Å²) in [4.78, 5) is 12.3. The summed E-state index contributed by atoms with van der Waals surface area (Å²) in [6, 6.07) is 15.3. The Balaban J connectivity index is 1.41. The topological polar surface area (TPSA) is 65.2 Å². The molecular formula is C20H18N2O3. The molecule has 0 saturated heterocycles. The molecule has 5 heteroatoms. The minimum Gasteiger partial charge on any atom is -0.452 e. The van der Waals surface area contributed by atoms with Crippen molar-refractivity contribution in [2.45, 2.75) is 32.3 Å². The van der Waals surface area contributed by atoms with Gasteiger partial charge >= 0.3 is 5.97 Å². The third-order valence-electron chi connectivity index (χ3n) is 4.40. The molecule has 1 aliphatic carbocycles. The van der Waals surface area contributed by atoms with Crippen molar-refractivity contribution in [2.75, 3.05) is 0 Å². The van der Waals surface area contributed by atoms with Gasteiger partial charge in [-0.05, 0) is 61.1 Å². The van der Waals surface area contributed by atoms with E-state index in [0.717, 1.165) is 18.4 Å². The summed E-state index contributed by atoms with van der Waals surface area (Å²) in [5, 5.41) is 7.92. The first-order chi connectivity index (χ1) is 12.3. The molecule has 25 heavy (non-hydrogen) atoms. The molecule has 0 bridgehead atoms. The Hall–Kier alpha value is -2.95. The number of carbonyl (C=O) groups excluding carboxylic acids is 1. The van der Waals surface area contributed by atoms with Gasteiger partial charge in [0.15, 0.2) is 6.61 Å². The molecule has 1 aromatic heterocycles. The Morgan fingerprint density at radius 3 is 2.64 bits per heavy atom. The van der Waals surface area contributed by atoms with Crippen molar-refractivity contribution in [3.8, 4) is 11.5 Å². The van der Waals surface area contributed by atoms with Crippen molar-refractivity contribution in [1.82, 2.24) is 10.2 Å². The molecule has 5 nitrogen and oxygen atoms in total. The summed E-state index contributed by atoms with van der Waals surface area (Å²) >= 11 is 0. The number of aromatic nitrogens is 2. The molecule has 0 N–H and O–H groups in total. The maximum atomic E-state index is 12.3. The molecule has 0 aliphatic heterocycles. The van der Waals surface area contributed by atoms with Gasteiger partial charge in [0.2, 0.25) is 5.89 Å². The summed E-state index contributed by atoms with van der Waals surface area (Å²) < 4.78 is 10.9. The van der Waals surface area contributed by atoms with Crippen molar-refractivity contribution in [2.24, 2.45) is 0 Å². The minimum atomic E-state index is -0.368. The highest BCUT2D eigenvalue weighted by Gasteiger charge is 2.15. The average Bonchev–Trinajstić information content (AvgIpc) is 3.15.